The van der Waals surface area contributed by atoms with E-state index in [2.05, 4.69) is 6.92 Å². The highest BCUT2D eigenvalue weighted by Crippen LogP contribution is 2.58. The van der Waals surface area contributed by atoms with Gasteiger partial charge in [0.25, 0.3) is 0 Å². The number of ether oxygens (including phenoxy) is 1. The maximum atomic E-state index is 11.5. The molecular weight excluding hydrogens is 188 g/mol. The van der Waals surface area contributed by atoms with Crippen molar-refractivity contribution in [2.24, 2.45) is 17.3 Å². The van der Waals surface area contributed by atoms with Crippen LogP contribution in [0.5, 0.6) is 0 Å². The van der Waals surface area contributed by atoms with E-state index in [-0.39, 0.29) is 5.97 Å². The molecule has 0 aromatic rings. The molecule has 0 amide bonds. The van der Waals surface area contributed by atoms with Crippen molar-refractivity contribution in [3.8, 4) is 0 Å². The minimum atomic E-state index is 0.0126. The van der Waals surface area contributed by atoms with Crippen LogP contribution < -0.4 is 0 Å². The summed E-state index contributed by atoms with van der Waals surface area (Å²) < 4.78 is 5.05. The Morgan fingerprint density at radius 2 is 2.20 bits per heavy atom. The van der Waals surface area contributed by atoms with Crippen LogP contribution in [0.2, 0.25) is 0 Å². The summed E-state index contributed by atoms with van der Waals surface area (Å²) in [5.74, 6) is 1.42. The molecule has 2 saturated carbocycles. The quantitative estimate of drug-likeness (QED) is 0.669. The number of esters is 1. The zero-order chi connectivity index (χ0) is 10.9. The molecule has 2 rings (SSSR count). The molecular formula is C13H22O2. The van der Waals surface area contributed by atoms with Gasteiger partial charge in [-0.15, -0.1) is 0 Å². The number of rotatable bonds is 3. The van der Waals surface area contributed by atoms with Gasteiger partial charge in [0.1, 0.15) is 0 Å². The third kappa shape index (κ3) is 2.04. The molecule has 2 aliphatic carbocycles. The molecule has 2 heteroatoms. The zero-order valence-corrected chi connectivity index (χ0v) is 9.92. The molecule has 15 heavy (non-hydrogen) atoms. The van der Waals surface area contributed by atoms with E-state index in [1.807, 2.05) is 6.92 Å². The van der Waals surface area contributed by atoms with Crippen LogP contribution >= 0.6 is 0 Å². The monoisotopic (exact) mass is 210 g/mol. The van der Waals surface area contributed by atoms with Crippen LogP contribution in [0.15, 0.2) is 0 Å². The van der Waals surface area contributed by atoms with Gasteiger partial charge in [0, 0.05) is 6.42 Å². The molecule has 0 heterocycles. The van der Waals surface area contributed by atoms with Crippen molar-refractivity contribution in [3.63, 3.8) is 0 Å². The van der Waals surface area contributed by atoms with Crippen LogP contribution in [0.3, 0.4) is 0 Å². The zero-order valence-electron chi connectivity index (χ0n) is 9.92. The van der Waals surface area contributed by atoms with Gasteiger partial charge in [-0.2, -0.15) is 0 Å². The first-order valence-electron chi connectivity index (χ1n) is 6.31. The number of carbonyl (C=O) groups excluding carboxylic acids is 1. The van der Waals surface area contributed by atoms with E-state index in [0.29, 0.717) is 24.4 Å². The fraction of sp³-hybridized carbons (Fsp3) is 0.923. The fourth-order valence-electron chi connectivity index (χ4n) is 3.57. The van der Waals surface area contributed by atoms with Crippen LogP contribution in [0.1, 0.15) is 52.4 Å². The summed E-state index contributed by atoms with van der Waals surface area (Å²) >= 11 is 0. The minimum Gasteiger partial charge on any atom is -0.466 e. The molecule has 0 aromatic heterocycles. The van der Waals surface area contributed by atoms with Gasteiger partial charge in [-0.05, 0) is 49.9 Å². The van der Waals surface area contributed by atoms with Crippen molar-refractivity contribution < 1.29 is 9.53 Å². The maximum absolute atomic E-state index is 11.5. The molecule has 86 valence electrons. The van der Waals surface area contributed by atoms with Gasteiger partial charge in [-0.25, -0.2) is 0 Å². The highest BCUT2D eigenvalue weighted by atomic mass is 16.5. The topological polar surface area (TPSA) is 26.3 Å². The van der Waals surface area contributed by atoms with Gasteiger partial charge in [-0.3, -0.25) is 4.79 Å². The third-order valence-corrected chi connectivity index (χ3v) is 4.55. The third-order valence-electron chi connectivity index (χ3n) is 4.55. The molecule has 2 fully saturated rings. The minimum absolute atomic E-state index is 0.0126. The maximum Gasteiger partial charge on any atom is 0.306 e. The first-order valence-corrected chi connectivity index (χ1v) is 6.31. The lowest BCUT2D eigenvalue weighted by Crippen LogP contribution is -2.45. The second kappa shape index (κ2) is 4.15. The van der Waals surface area contributed by atoms with E-state index in [0.717, 1.165) is 5.92 Å². The van der Waals surface area contributed by atoms with E-state index in [9.17, 15) is 4.79 Å². The van der Waals surface area contributed by atoms with Crippen molar-refractivity contribution in [3.05, 3.63) is 0 Å². The Labute approximate surface area is 92.4 Å². The van der Waals surface area contributed by atoms with E-state index in [1.54, 1.807) is 0 Å². The molecule has 0 N–H and O–H groups in total. The van der Waals surface area contributed by atoms with Crippen LogP contribution in [-0.2, 0) is 9.53 Å². The second-order valence-corrected chi connectivity index (χ2v) is 5.46. The first kappa shape index (κ1) is 11.0. The summed E-state index contributed by atoms with van der Waals surface area (Å²) in [6.45, 7) is 4.80. The Morgan fingerprint density at radius 1 is 1.40 bits per heavy atom. The van der Waals surface area contributed by atoms with E-state index in [4.69, 9.17) is 4.74 Å². The normalized spacial score (nSPS) is 39.1. The lowest BCUT2D eigenvalue weighted by molar-refractivity contribution is -0.147. The van der Waals surface area contributed by atoms with E-state index < -0.39 is 0 Å². The van der Waals surface area contributed by atoms with Crippen LogP contribution in [0.4, 0.5) is 0 Å². The Hall–Kier alpha value is -0.530. The van der Waals surface area contributed by atoms with Gasteiger partial charge in [0.2, 0.25) is 0 Å². The Bertz CT molecular complexity index is 249. The van der Waals surface area contributed by atoms with Crippen molar-refractivity contribution in [1.29, 1.82) is 0 Å². The Morgan fingerprint density at radius 3 is 2.80 bits per heavy atom. The predicted octanol–water partition coefficient (Wildman–Crippen LogP) is 3.16. The summed E-state index contributed by atoms with van der Waals surface area (Å²) in [5.41, 5.74) is 0.565. The predicted molar refractivity (Wildman–Crippen MR) is 59.4 cm³/mol. The number of hydrogen-bond acceptors (Lipinski definition) is 2. The Balaban J connectivity index is 1.89. The van der Waals surface area contributed by atoms with Gasteiger partial charge in [0.15, 0.2) is 0 Å². The average molecular weight is 210 g/mol. The van der Waals surface area contributed by atoms with Crippen LogP contribution in [0, 0.1) is 17.3 Å². The van der Waals surface area contributed by atoms with Gasteiger partial charge in [-0.1, -0.05) is 13.3 Å². The lowest BCUT2D eigenvalue weighted by atomic mass is 9.51. The molecule has 2 aliphatic rings. The van der Waals surface area contributed by atoms with Crippen molar-refractivity contribution in [2.75, 3.05) is 6.61 Å². The summed E-state index contributed by atoms with van der Waals surface area (Å²) in [7, 11) is 0. The number of fused-ring (bicyclic) bond motifs is 1. The highest BCUT2D eigenvalue weighted by molar-refractivity contribution is 5.69. The standard InChI is InChI=1S/C13H22O2/c1-3-15-12(14)9-10-5-4-7-13(2)8-6-11(10)13/h10-11H,3-9H2,1-2H3/t10?,11?,13-/m0/s1. The molecule has 0 aliphatic heterocycles. The fourth-order valence-corrected chi connectivity index (χ4v) is 3.57. The summed E-state index contributed by atoms with van der Waals surface area (Å²) in [6.07, 6.45) is 7.28. The molecule has 0 bridgehead atoms. The molecule has 3 atom stereocenters. The van der Waals surface area contributed by atoms with E-state index in [1.165, 1.54) is 32.1 Å². The molecule has 0 radical (unpaired) electrons. The van der Waals surface area contributed by atoms with Crippen molar-refractivity contribution >= 4 is 5.97 Å². The van der Waals surface area contributed by atoms with Gasteiger partial charge >= 0.3 is 5.97 Å². The summed E-state index contributed by atoms with van der Waals surface area (Å²) in [4.78, 5) is 11.5. The number of carbonyl (C=O) groups is 1. The molecule has 0 saturated heterocycles. The molecule has 2 nitrogen and oxygen atoms in total. The van der Waals surface area contributed by atoms with E-state index >= 15 is 0 Å². The van der Waals surface area contributed by atoms with Crippen molar-refractivity contribution in [2.45, 2.75) is 52.4 Å². The Kier molecular flexibility index (Phi) is 3.03. The molecule has 0 aromatic carbocycles. The van der Waals surface area contributed by atoms with Gasteiger partial charge < -0.3 is 4.74 Å². The summed E-state index contributed by atoms with van der Waals surface area (Å²) in [5, 5.41) is 0. The van der Waals surface area contributed by atoms with Crippen LogP contribution in [0.25, 0.3) is 0 Å². The van der Waals surface area contributed by atoms with Crippen molar-refractivity contribution in [1.82, 2.24) is 0 Å². The van der Waals surface area contributed by atoms with Crippen LogP contribution in [-0.4, -0.2) is 12.6 Å². The molecule has 2 unspecified atom stereocenters. The largest absolute Gasteiger partial charge is 0.466 e. The first-order chi connectivity index (χ1) is 7.15. The smallest absolute Gasteiger partial charge is 0.306 e. The number of hydrogen-bond donors (Lipinski definition) is 0. The van der Waals surface area contributed by atoms with Gasteiger partial charge in [0.05, 0.1) is 6.61 Å². The average Bonchev–Trinajstić information content (AvgIpc) is 2.14. The lowest BCUT2D eigenvalue weighted by Gasteiger charge is -2.54. The highest BCUT2D eigenvalue weighted by Gasteiger charge is 2.48. The SMILES string of the molecule is CCOC(=O)CC1CCC[C@@]2(C)CCC12. The molecule has 0 spiro atoms. The second-order valence-electron chi connectivity index (χ2n) is 5.46. The summed E-state index contributed by atoms with van der Waals surface area (Å²) in [6, 6.07) is 0.